The smallest absolute Gasteiger partial charge is 0.152 e. The summed E-state index contributed by atoms with van der Waals surface area (Å²) in [5.74, 6) is 0.454. The minimum atomic E-state index is 0.454. The normalized spacial score (nSPS) is 11.5. The van der Waals surface area contributed by atoms with Crippen molar-refractivity contribution >= 4 is 27.6 Å². The summed E-state index contributed by atoms with van der Waals surface area (Å²) in [7, 11) is 1.92. The second-order valence-corrected chi connectivity index (χ2v) is 5.45. The Hall–Kier alpha value is -2.93. The first-order valence-electron chi connectivity index (χ1n) is 7.47. The average Bonchev–Trinajstić information content (AvgIpc) is 3.22. The molecule has 0 aliphatic carbocycles. The van der Waals surface area contributed by atoms with E-state index in [-0.39, 0.29) is 0 Å². The van der Waals surface area contributed by atoms with Crippen molar-refractivity contribution in [2.24, 2.45) is 0 Å². The number of anilines is 1. The molecule has 4 aromatic rings. The number of likely N-dealkylation sites (N-methyl/N-ethyl adjacent to an activating group) is 1. The molecule has 0 aliphatic rings. The van der Waals surface area contributed by atoms with Crippen LogP contribution in [0.15, 0.2) is 36.7 Å². The molecule has 0 saturated heterocycles. The summed E-state index contributed by atoms with van der Waals surface area (Å²) >= 11 is 0. The molecule has 4 rings (SSSR count). The predicted octanol–water partition coefficient (Wildman–Crippen LogP) is 1.78. The van der Waals surface area contributed by atoms with Crippen LogP contribution < -0.4 is 11.1 Å². The molecule has 7 heteroatoms. The average molecular weight is 307 g/mol. The molecule has 116 valence electrons. The van der Waals surface area contributed by atoms with Crippen LogP contribution in [0.3, 0.4) is 0 Å². The van der Waals surface area contributed by atoms with Gasteiger partial charge >= 0.3 is 0 Å². The van der Waals surface area contributed by atoms with Crippen LogP contribution in [0.2, 0.25) is 0 Å². The number of aromatic nitrogens is 5. The number of nitrogens with zero attached hydrogens (tertiary/aromatic N) is 4. The molecule has 23 heavy (non-hydrogen) atoms. The van der Waals surface area contributed by atoms with Crippen LogP contribution in [-0.4, -0.2) is 38.6 Å². The van der Waals surface area contributed by atoms with E-state index in [0.29, 0.717) is 5.82 Å². The van der Waals surface area contributed by atoms with Crippen molar-refractivity contribution in [1.82, 2.24) is 30.3 Å². The molecule has 0 unspecified atom stereocenters. The summed E-state index contributed by atoms with van der Waals surface area (Å²) in [5.41, 5.74) is 9.60. The van der Waals surface area contributed by atoms with E-state index >= 15 is 0 Å². The van der Waals surface area contributed by atoms with Crippen molar-refractivity contribution in [2.45, 2.75) is 6.54 Å². The van der Waals surface area contributed by atoms with Crippen molar-refractivity contribution in [2.75, 3.05) is 19.3 Å². The maximum atomic E-state index is 6.11. The van der Waals surface area contributed by atoms with E-state index in [9.17, 15) is 0 Å². The van der Waals surface area contributed by atoms with E-state index < -0.39 is 0 Å². The van der Waals surface area contributed by atoms with Gasteiger partial charge in [-0.05, 0) is 19.2 Å². The van der Waals surface area contributed by atoms with Crippen molar-refractivity contribution < 1.29 is 0 Å². The van der Waals surface area contributed by atoms with Crippen LogP contribution in [0.25, 0.3) is 33.1 Å². The highest BCUT2D eigenvalue weighted by molar-refractivity contribution is 6.08. The summed E-state index contributed by atoms with van der Waals surface area (Å²) in [6, 6.07) is 8.03. The third kappa shape index (κ3) is 2.31. The Bertz CT molecular complexity index is 969. The van der Waals surface area contributed by atoms with Gasteiger partial charge in [0.1, 0.15) is 5.52 Å². The van der Waals surface area contributed by atoms with Crippen LogP contribution in [0.4, 0.5) is 5.82 Å². The van der Waals surface area contributed by atoms with Crippen molar-refractivity contribution in [3.05, 3.63) is 36.7 Å². The quantitative estimate of drug-likeness (QED) is 0.534. The lowest BCUT2D eigenvalue weighted by molar-refractivity contribution is 0.590. The molecule has 4 N–H and O–H groups in total. The fourth-order valence-corrected chi connectivity index (χ4v) is 2.76. The first kappa shape index (κ1) is 13.7. The highest BCUT2D eigenvalue weighted by atomic mass is 15.3. The molecule has 0 aliphatic heterocycles. The van der Waals surface area contributed by atoms with E-state index in [0.717, 1.165) is 46.2 Å². The number of pyridine rings is 1. The van der Waals surface area contributed by atoms with Crippen LogP contribution in [0.1, 0.15) is 0 Å². The lowest BCUT2D eigenvalue weighted by Gasteiger charge is -2.03. The van der Waals surface area contributed by atoms with Crippen molar-refractivity contribution in [1.29, 1.82) is 0 Å². The zero-order valence-electron chi connectivity index (χ0n) is 12.7. The van der Waals surface area contributed by atoms with Gasteiger partial charge in [0, 0.05) is 35.3 Å². The second-order valence-electron chi connectivity index (χ2n) is 5.45. The highest BCUT2D eigenvalue weighted by Crippen LogP contribution is 2.29. The molecule has 0 amide bonds. The SMILES string of the molecule is CNCCn1cc2c(n1)c(N)nc1cc(-c3cc[nH]n3)ccc12. The van der Waals surface area contributed by atoms with Gasteiger partial charge in [0.25, 0.3) is 0 Å². The van der Waals surface area contributed by atoms with Crippen molar-refractivity contribution in [3.8, 4) is 11.3 Å². The lowest BCUT2D eigenvalue weighted by atomic mass is 10.1. The topological polar surface area (TPSA) is 97.4 Å². The van der Waals surface area contributed by atoms with Gasteiger partial charge in [-0.25, -0.2) is 4.98 Å². The van der Waals surface area contributed by atoms with Crippen LogP contribution >= 0.6 is 0 Å². The largest absolute Gasteiger partial charge is 0.382 e. The monoisotopic (exact) mass is 307 g/mol. The van der Waals surface area contributed by atoms with Gasteiger partial charge in [0.15, 0.2) is 5.82 Å². The molecule has 7 nitrogen and oxygen atoms in total. The molecule has 0 saturated carbocycles. The molecular weight excluding hydrogens is 290 g/mol. The van der Waals surface area contributed by atoms with E-state index in [2.05, 4.69) is 31.7 Å². The standard InChI is InChI=1S/C16H17N7/c1-18-6-7-23-9-12-11-3-2-10(13-4-5-19-21-13)8-14(11)20-16(17)15(12)22-23/h2-5,8-9,18H,6-7H2,1H3,(H2,17,20)(H,19,21). The Morgan fingerprint density at radius 3 is 2.96 bits per heavy atom. The number of nitrogens with one attached hydrogen (secondary N) is 2. The summed E-state index contributed by atoms with van der Waals surface area (Å²) in [6.45, 7) is 1.64. The summed E-state index contributed by atoms with van der Waals surface area (Å²) in [5, 5.41) is 16.8. The number of aromatic amines is 1. The van der Waals surface area contributed by atoms with Gasteiger partial charge in [-0.2, -0.15) is 10.2 Å². The van der Waals surface area contributed by atoms with E-state index in [1.54, 1.807) is 6.20 Å². The number of H-pyrrole nitrogens is 1. The molecule has 0 fully saturated rings. The molecule has 0 bridgehead atoms. The molecule has 3 aromatic heterocycles. The fraction of sp³-hybridized carbons (Fsp3) is 0.188. The third-order valence-electron chi connectivity index (χ3n) is 3.92. The Balaban J connectivity index is 1.89. The van der Waals surface area contributed by atoms with Gasteiger partial charge < -0.3 is 11.1 Å². The Morgan fingerprint density at radius 1 is 1.26 bits per heavy atom. The highest BCUT2D eigenvalue weighted by Gasteiger charge is 2.12. The van der Waals surface area contributed by atoms with Crippen molar-refractivity contribution in [3.63, 3.8) is 0 Å². The molecule has 1 aromatic carbocycles. The van der Waals surface area contributed by atoms with Gasteiger partial charge in [-0.1, -0.05) is 12.1 Å². The Kier molecular flexibility index (Phi) is 3.20. The first-order valence-corrected chi connectivity index (χ1v) is 7.47. The minimum Gasteiger partial charge on any atom is -0.382 e. The van der Waals surface area contributed by atoms with E-state index in [4.69, 9.17) is 5.73 Å². The van der Waals surface area contributed by atoms with Gasteiger partial charge in [0.2, 0.25) is 0 Å². The Labute approximate surface area is 132 Å². The fourth-order valence-electron chi connectivity index (χ4n) is 2.76. The third-order valence-corrected chi connectivity index (χ3v) is 3.92. The number of nitrogen functional groups attached to an aromatic ring is 1. The maximum absolute atomic E-state index is 6.11. The van der Waals surface area contributed by atoms with E-state index in [1.807, 2.05) is 36.1 Å². The van der Waals surface area contributed by atoms with E-state index in [1.165, 1.54) is 0 Å². The van der Waals surface area contributed by atoms with Crippen LogP contribution in [0, 0.1) is 0 Å². The first-order chi connectivity index (χ1) is 11.3. The van der Waals surface area contributed by atoms with Gasteiger partial charge in [-0.15, -0.1) is 0 Å². The van der Waals surface area contributed by atoms with Gasteiger partial charge in [0.05, 0.1) is 17.8 Å². The summed E-state index contributed by atoms with van der Waals surface area (Å²) < 4.78 is 1.90. The maximum Gasteiger partial charge on any atom is 0.152 e. The lowest BCUT2D eigenvalue weighted by Crippen LogP contribution is -2.15. The van der Waals surface area contributed by atoms with Crippen LogP contribution in [-0.2, 0) is 6.54 Å². The summed E-state index contributed by atoms with van der Waals surface area (Å²) in [4.78, 5) is 4.52. The number of fused-ring (bicyclic) bond motifs is 3. The zero-order valence-corrected chi connectivity index (χ0v) is 12.7. The number of hydrogen-bond donors (Lipinski definition) is 3. The second kappa shape index (κ2) is 5.36. The van der Waals surface area contributed by atoms with Crippen LogP contribution in [0.5, 0.6) is 0 Å². The molecule has 3 heterocycles. The van der Waals surface area contributed by atoms with Gasteiger partial charge in [-0.3, -0.25) is 9.78 Å². The minimum absolute atomic E-state index is 0.454. The predicted molar refractivity (Wildman–Crippen MR) is 91.0 cm³/mol. The number of nitrogens with two attached hydrogens (primary N) is 1. The molecule has 0 atom stereocenters. The molecule has 0 spiro atoms. The Morgan fingerprint density at radius 2 is 2.17 bits per heavy atom. The zero-order chi connectivity index (χ0) is 15.8. The number of rotatable bonds is 4. The molecular formula is C16H17N7. The summed E-state index contributed by atoms with van der Waals surface area (Å²) in [6.07, 6.45) is 3.83. The number of benzene rings is 1. The number of hydrogen-bond acceptors (Lipinski definition) is 5. The molecule has 0 radical (unpaired) electrons.